The molecule has 0 saturated heterocycles. The summed E-state index contributed by atoms with van der Waals surface area (Å²) in [6.45, 7) is 1.82. The van der Waals surface area contributed by atoms with E-state index in [0.29, 0.717) is 0 Å². The molecule has 0 amide bonds. The number of nitrogens with zero attached hydrogens (tertiary/aromatic N) is 2. The van der Waals surface area contributed by atoms with E-state index in [1.807, 2.05) is 0 Å². The van der Waals surface area contributed by atoms with Crippen LogP contribution >= 0.6 is 0 Å². The van der Waals surface area contributed by atoms with Crippen molar-refractivity contribution in [3.63, 3.8) is 0 Å². The number of esters is 1. The maximum Gasteiger partial charge on any atom is 0.354 e. The number of aromatic carboxylic acids is 1. The maximum absolute atomic E-state index is 11.5. The van der Waals surface area contributed by atoms with Crippen molar-refractivity contribution in [2.24, 2.45) is 0 Å². The number of carboxylic acids is 1. The van der Waals surface area contributed by atoms with Crippen LogP contribution in [-0.4, -0.2) is 38.7 Å². The standard InChI is InChI=1S/C12H10N2O5/c1-2-19-12(18)7-5-13-10-6(9(7)15)3-4-8(14-10)11(16)17/h3-5H,2H2,1H3,(H,16,17)(H,13,14,15). The molecule has 0 aliphatic rings. The topological polar surface area (TPSA) is 110 Å². The number of pyridine rings is 2. The van der Waals surface area contributed by atoms with Crippen LogP contribution in [0.4, 0.5) is 0 Å². The molecule has 0 spiro atoms. The second-order valence-corrected chi connectivity index (χ2v) is 3.61. The minimum absolute atomic E-state index is 0.0467. The first-order chi connectivity index (χ1) is 9.04. The molecule has 0 aliphatic heterocycles. The summed E-state index contributed by atoms with van der Waals surface area (Å²) in [5, 5.41) is 18.9. The van der Waals surface area contributed by atoms with Gasteiger partial charge in [0, 0.05) is 6.20 Å². The molecule has 0 atom stereocenters. The lowest BCUT2D eigenvalue weighted by atomic mass is 10.1. The van der Waals surface area contributed by atoms with Gasteiger partial charge in [-0.15, -0.1) is 0 Å². The molecule has 0 unspecified atom stereocenters. The highest BCUT2D eigenvalue weighted by Gasteiger charge is 2.17. The molecule has 7 heteroatoms. The summed E-state index contributed by atoms with van der Waals surface area (Å²) in [6, 6.07) is 2.57. The summed E-state index contributed by atoms with van der Waals surface area (Å²) in [5.41, 5.74) is -0.229. The maximum atomic E-state index is 11.5. The Labute approximate surface area is 107 Å². The van der Waals surface area contributed by atoms with E-state index in [0.717, 1.165) is 6.20 Å². The van der Waals surface area contributed by atoms with Crippen molar-refractivity contribution in [3.8, 4) is 5.75 Å². The Morgan fingerprint density at radius 2 is 2.11 bits per heavy atom. The second kappa shape index (κ2) is 4.89. The fourth-order valence-electron chi connectivity index (χ4n) is 1.54. The van der Waals surface area contributed by atoms with Gasteiger partial charge in [-0.05, 0) is 19.1 Å². The van der Waals surface area contributed by atoms with E-state index in [9.17, 15) is 14.7 Å². The van der Waals surface area contributed by atoms with Crippen molar-refractivity contribution in [1.82, 2.24) is 9.97 Å². The Kier molecular flexibility index (Phi) is 3.28. The highest BCUT2D eigenvalue weighted by molar-refractivity contribution is 5.99. The van der Waals surface area contributed by atoms with Gasteiger partial charge in [-0.3, -0.25) is 0 Å². The van der Waals surface area contributed by atoms with Crippen molar-refractivity contribution in [2.75, 3.05) is 6.61 Å². The van der Waals surface area contributed by atoms with Gasteiger partial charge in [-0.1, -0.05) is 0 Å². The zero-order chi connectivity index (χ0) is 14.0. The number of carbonyl (C=O) groups is 2. The third-order valence-electron chi connectivity index (χ3n) is 2.42. The van der Waals surface area contributed by atoms with Crippen LogP contribution in [0.3, 0.4) is 0 Å². The van der Waals surface area contributed by atoms with E-state index < -0.39 is 11.9 Å². The molecule has 2 aromatic rings. The molecule has 2 aromatic heterocycles. The van der Waals surface area contributed by atoms with Gasteiger partial charge in [-0.25, -0.2) is 19.6 Å². The Balaban J connectivity index is 2.57. The van der Waals surface area contributed by atoms with Gasteiger partial charge in [-0.2, -0.15) is 0 Å². The quantitative estimate of drug-likeness (QED) is 0.800. The minimum Gasteiger partial charge on any atom is -0.506 e. The van der Waals surface area contributed by atoms with Gasteiger partial charge in [0.05, 0.1) is 12.0 Å². The fourth-order valence-corrected chi connectivity index (χ4v) is 1.54. The molecule has 0 bridgehead atoms. The van der Waals surface area contributed by atoms with Crippen LogP contribution in [0.5, 0.6) is 5.75 Å². The summed E-state index contributed by atoms with van der Waals surface area (Å²) in [6.07, 6.45) is 1.11. The van der Waals surface area contributed by atoms with Gasteiger partial charge in [0.1, 0.15) is 11.3 Å². The Hall–Kier alpha value is -2.70. The minimum atomic E-state index is -1.20. The lowest BCUT2D eigenvalue weighted by Gasteiger charge is -2.06. The van der Waals surface area contributed by atoms with E-state index in [4.69, 9.17) is 9.84 Å². The largest absolute Gasteiger partial charge is 0.506 e. The van der Waals surface area contributed by atoms with Crippen molar-refractivity contribution < 1.29 is 24.5 Å². The van der Waals surface area contributed by atoms with Crippen LogP contribution in [-0.2, 0) is 4.74 Å². The number of hydrogen-bond acceptors (Lipinski definition) is 6. The van der Waals surface area contributed by atoms with Crippen LogP contribution in [0.25, 0.3) is 11.0 Å². The molecule has 98 valence electrons. The Morgan fingerprint density at radius 3 is 2.74 bits per heavy atom. The SMILES string of the molecule is CCOC(=O)c1cnc2nc(C(=O)O)ccc2c1O. The first-order valence-corrected chi connectivity index (χ1v) is 5.43. The number of fused-ring (bicyclic) bond motifs is 1. The summed E-state index contributed by atoms with van der Waals surface area (Å²) >= 11 is 0. The van der Waals surface area contributed by atoms with Crippen LogP contribution in [0.2, 0.25) is 0 Å². The lowest BCUT2D eigenvalue weighted by Crippen LogP contribution is -2.07. The molecule has 0 fully saturated rings. The third-order valence-corrected chi connectivity index (χ3v) is 2.42. The van der Waals surface area contributed by atoms with E-state index in [2.05, 4.69) is 9.97 Å². The van der Waals surface area contributed by atoms with Gasteiger partial charge >= 0.3 is 11.9 Å². The van der Waals surface area contributed by atoms with Crippen molar-refractivity contribution in [3.05, 3.63) is 29.6 Å². The van der Waals surface area contributed by atoms with E-state index in [1.165, 1.54) is 12.1 Å². The molecule has 0 saturated carbocycles. The monoisotopic (exact) mass is 262 g/mol. The summed E-state index contributed by atoms with van der Waals surface area (Å²) in [7, 11) is 0. The zero-order valence-corrected chi connectivity index (χ0v) is 9.95. The average molecular weight is 262 g/mol. The lowest BCUT2D eigenvalue weighted by molar-refractivity contribution is 0.0522. The number of carbonyl (C=O) groups excluding carboxylic acids is 1. The first kappa shape index (κ1) is 12.7. The van der Waals surface area contributed by atoms with Gasteiger partial charge in [0.25, 0.3) is 0 Å². The summed E-state index contributed by atoms with van der Waals surface area (Å²) < 4.78 is 4.77. The number of rotatable bonds is 3. The molecule has 7 nitrogen and oxygen atoms in total. The summed E-state index contributed by atoms with van der Waals surface area (Å²) in [5.74, 6) is -2.22. The molecule has 0 aromatic carbocycles. The predicted molar refractivity (Wildman–Crippen MR) is 64.1 cm³/mol. The zero-order valence-electron chi connectivity index (χ0n) is 9.95. The molecule has 0 aliphatic carbocycles. The third kappa shape index (κ3) is 2.30. The van der Waals surface area contributed by atoms with Gasteiger partial charge in [0.15, 0.2) is 11.3 Å². The number of aromatic nitrogens is 2. The summed E-state index contributed by atoms with van der Waals surface area (Å²) in [4.78, 5) is 29.9. The second-order valence-electron chi connectivity index (χ2n) is 3.61. The Morgan fingerprint density at radius 1 is 1.37 bits per heavy atom. The number of aromatic hydroxyl groups is 1. The highest BCUT2D eigenvalue weighted by Crippen LogP contribution is 2.26. The van der Waals surface area contributed by atoms with E-state index >= 15 is 0 Å². The molecule has 2 heterocycles. The molecular weight excluding hydrogens is 252 g/mol. The first-order valence-electron chi connectivity index (χ1n) is 5.43. The van der Waals surface area contributed by atoms with Crippen LogP contribution < -0.4 is 0 Å². The molecule has 0 radical (unpaired) electrons. The van der Waals surface area contributed by atoms with Crippen molar-refractivity contribution >= 4 is 23.0 Å². The highest BCUT2D eigenvalue weighted by atomic mass is 16.5. The molecule has 2 N–H and O–H groups in total. The molecular formula is C12H10N2O5. The van der Waals surface area contributed by atoms with Crippen molar-refractivity contribution in [2.45, 2.75) is 6.92 Å². The van der Waals surface area contributed by atoms with Crippen LogP contribution in [0, 0.1) is 0 Å². The van der Waals surface area contributed by atoms with E-state index in [1.54, 1.807) is 6.92 Å². The Bertz CT molecular complexity index is 668. The molecule has 2 rings (SSSR count). The smallest absolute Gasteiger partial charge is 0.354 e. The van der Waals surface area contributed by atoms with Crippen molar-refractivity contribution in [1.29, 1.82) is 0 Å². The normalized spacial score (nSPS) is 10.4. The molecule has 19 heavy (non-hydrogen) atoms. The number of ether oxygens (including phenoxy) is 1. The fraction of sp³-hybridized carbons (Fsp3) is 0.167. The average Bonchev–Trinajstić information content (AvgIpc) is 2.38. The predicted octanol–water partition coefficient (Wildman–Crippen LogP) is 1.21. The number of hydrogen-bond donors (Lipinski definition) is 2. The van der Waals surface area contributed by atoms with Crippen LogP contribution in [0.15, 0.2) is 18.3 Å². The number of carboxylic acid groups (broad SMARTS) is 1. The van der Waals surface area contributed by atoms with E-state index in [-0.39, 0.29) is 34.6 Å². The van der Waals surface area contributed by atoms with Gasteiger partial charge < -0.3 is 14.9 Å². The van der Waals surface area contributed by atoms with Gasteiger partial charge in [0.2, 0.25) is 0 Å². The van der Waals surface area contributed by atoms with Crippen LogP contribution in [0.1, 0.15) is 27.8 Å².